The molecule has 0 amide bonds. The van der Waals surface area contributed by atoms with Crippen molar-refractivity contribution in [2.45, 2.75) is 26.1 Å². The Bertz CT molecular complexity index is 409. The lowest BCUT2D eigenvalue weighted by Crippen LogP contribution is -2.31. The maximum absolute atomic E-state index is 13.7. The highest BCUT2D eigenvalue weighted by atomic mass is 19.1. The highest BCUT2D eigenvalue weighted by Crippen LogP contribution is 2.27. The van der Waals surface area contributed by atoms with Crippen LogP contribution in [0.3, 0.4) is 0 Å². The van der Waals surface area contributed by atoms with Crippen molar-refractivity contribution in [3.05, 3.63) is 29.3 Å². The molecule has 3 N–H and O–H groups in total. The van der Waals surface area contributed by atoms with Gasteiger partial charge < -0.3 is 15.6 Å². The van der Waals surface area contributed by atoms with Crippen LogP contribution in [0, 0.1) is 6.92 Å². The zero-order valence-corrected chi connectivity index (χ0v) is 9.81. The third kappa shape index (κ3) is 3.17. The molecule has 0 bridgehead atoms. The molecule has 0 heterocycles. The monoisotopic (exact) mass is 241 g/mol. The van der Waals surface area contributed by atoms with Gasteiger partial charge in [-0.15, -0.1) is 0 Å². The van der Waals surface area contributed by atoms with Crippen molar-refractivity contribution in [3.63, 3.8) is 0 Å². The van der Waals surface area contributed by atoms with Gasteiger partial charge in [-0.05, 0) is 19.9 Å². The van der Waals surface area contributed by atoms with Crippen LogP contribution in [0.4, 0.5) is 4.39 Å². The number of carbonyl (C=O) groups is 1. The van der Waals surface area contributed by atoms with Crippen LogP contribution in [0.5, 0.6) is 5.75 Å². The van der Waals surface area contributed by atoms with Gasteiger partial charge in [0, 0.05) is 5.56 Å². The normalized spacial score (nSPS) is 14.1. The first-order valence-corrected chi connectivity index (χ1v) is 5.33. The summed E-state index contributed by atoms with van der Waals surface area (Å²) in [6.45, 7) is 3.46. The van der Waals surface area contributed by atoms with Gasteiger partial charge in [-0.2, -0.15) is 0 Å². The van der Waals surface area contributed by atoms with E-state index in [0.717, 1.165) is 5.56 Å². The molecule has 1 unspecified atom stereocenters. The molecule has 0 saturated carbocycles. The van der Waals surface area contributed by atoms with Gasteiger partial charge in [-0.25, -0.2) is 9.18 Å². The van der Waals surface area contributed by atoms with E-state index in [-0.39, 0.29) is 17.9 Å². The van der Waals surface area contributed by atoms with E-state index in [9.17, 15) is 14.3 Å². The number of aromatic hydroxyl groups is 1. The van der Waals surface area contributed by atoms with Gasteiger partial charge in [0.2, 0.25) is 6.17 Å². The lowest BCUT2D eigenvalue weighted by molar-refractivity contribution is -0.149. The topological polar surface area (TPSA) is 72.5 Å². The van der Waals surface area contributed by atoms with E-state index in [1.165, 1.54) is 6.07 Å². The lowest BCUT2D eigenvalue weighted by atomic mass is 10.00. The van der Waals surface area contributed by atoms with Crippen molar-refractivity contribution < 1.29 is 19.0 Å². The molecule has 0 aliphatic carbocycles. The van der Waals surface area contributed by atoms with Gasteiger partial charge in [0.05, 0.1) is 12.6 Å². The van der Waals surface area contributed by atoms with Crippen molar-refractivity contribution in [2.24, 2.45) is 5.73 Å². The lowest BCUT2D eigenvalue weighted by Gasteiger charge is -2.17. The molecule has 1 rings (SSSR count). The SMILES string of the molecule is CCOC(=O)C(F)[C@@H](N)c1cc(C)ccc1O. The minimum atomic E-state index is -1.98. The summed E-state index contributed by atoms with van der Waals surface area (Å²) >= 11 is 0. The number of phenols is 1. The number of carbonyl (C=O) groups excluding carboxylic acids is 1. The van der Waals surface area contributed by atoms with Crippen molar-refractivity contribution in [3.8, 4) is 5.75 Å². The van der Waals surface area contributed by atoms with E-state index in [0.29, 0.717) is 0 Å². The molecule has 0 aromatic heterocycles. The minimum absolute atomic E-state index is 0.0891. The van der Waals surface area contributed by atoms with Crippen LogP contribution in [0.2, 0.25) is 0 Å². The molecular formula is C12H16FNO3. The summed E-state index contributed by atoms with van der Waals surface area (Å²) in [6.07, 6.45) is -1.98. The first kappa shape index (κ1) is 13.4. The first-order chi connectivity index (χ1) is 7.97. The minimum Gasteiger partial charge on any atom is -0.508 e. The molecule has 94 valence electrons. The number of halogens is 1. The van der Waals surface area contributed by atoms with Gasteiger partial charge in [0.25, 0.3) is 0 Å². The molecule has 5 heteroatoms. The summed E-state index contributed by atoms with van der Waals surface area (Å²) in [5, 5.41) is 9.57. The fraction of sp³-hybridized carbons (Fsp3) is 0.417. The second kappa shape index (κ2) is 5.63. The van der Waals surface area contributed by atoms with Gasteiger partial charge in [0.1, 0.15) is 5.75 Å². The number of nitrogens with two attached hydrogens (primary N) is 1. The third-order valence-electron chi connectivity index (χ3n) is 2.37. The number of ether oxygens (including phenoxy) is 1. The summed E-state index contributed by atoms with van der Waals surface area (Å²) in [7, 11) is 0. The second-order valence-electron chi connectivity index (χ2n) is 3.74. The molecule has 0 aliphatic heterocycles. The van der Waals surface area contributed by atoms with E-state index in [4.69, 9.17) is 5.73 Å². The van der Waals surface area contributed by atoms with Gasteiger partial charge >= 0.3 is 5.97 Å². The highest BCUT2D eigenvalue weighted by molar-refractivity contribution is 5.76. The smallest absolute Gasteiger partial charge is 0.342 e. The summed E-state index contributed by atoms with van der Waals surface area (Å²) in [6, 6.07) is 3.41. The zero-order valence-electron chi connectivity index (χ0n) is 9.81. The van der Waals surface area contributed by atoms with Crippen LogP contribution in [0.25, 0.3) is 0 Å². The standard InChI is InChI=1S/C12H16FNO3/c1-3-17-12(16)10(13)11(14)8-6-7(2)4-5-9(8)15/h4-6,10-11,15H,3,14H2,1-2H3/t10?,11-/m0/s1. The summed E-state index contributed by atoms with van der Waals surface area (Å²) in [5.74, 6) is -1.14. The fourth-order valence-electron chi connectivity index (χ4n) is 1.47. The number of phenolic OH excluding ortho intramolecular Hbond substituents is 1. The second-order valence-corrected chi connectivity index (χ2v) is 3.74. The molecule has 4 nitrogen and oxygen atoms in total. The number of alkyl halides is 1. The van der Waals surface area contributed by atoms with Gasteiger partial charge in [0.15, 0.2) is 0 Å². The van der Waals surface area contributed by atoms with Crippen LogP contribution >= 0.6 is 0 Å². The molecule has 0 fully saturated rings. The largest absolute Gasteiger partial charge is 0.508 e. The van der Waals surface area contributed by atoms with Crippen molar-refractivity contribution >= 4 is 5.97 Å². The number of hydrogen-bond acceptors (Lipinski definition) is 4. The van der Waals surface area contributed by atoms with E-state index < -0.39 is 18.2 Å². The Hall–Kier alpha value is -1.62. The van der Waals surface area contributed by atoms with Gasteiger partial charge in [-0.3, -0.25) is 0 Å². The number of hydrogen-bond donors (Lipinski definition) is 2. The van der Waals surface area contributed by atoms with Crippen LogP contribution < -0.4 is 5.73 Å². The quantitative estimate of drug-likeness (QED) is 0.785. The Morgan fingerprint density at radius 3 is 2.82 bits per heavy atom. The molecule has 1 aromatic rings. The van der Waals surface area contributed by atoms with E-state index in [2.05, 4.69) is 4.74 Å². The maximum atomic E-state index is 13.7. The number of benzene rings is 1. The number of esters is 1. The Labute approximate surface area is 99.2 Å². The summed E-state index contributed by atoms with van der Waals surface area (Å²) in [5.41, 5.74) is 6.63. The van der Waals surface area contributed by atoms with Crippen LogP contribution in [0.15, 0.2) is 18.2 Å². The molecule has 1 aromatic carbocycles. The Morgan fingerprint density at radius 1 is 1.59 bits per heavy atom. The predicted octanol–water partition coefficient (Wildman–Crippen LogP) is 1.60. The van der Waals surface area contributed by atoms with Crippen LogP contribution in [-0.2, 0) is 9.53 Å². The highest BCUT2D eigenvalue weighted by Gasteiger charge is 2.29. The molecular weight excluding hydrogens is 225 g/mol. The van der Waals surface area contributed by atoms with Crippen LogP contribution in [0.1, 0.15) is 24.1 Å². The average Bonchev–Trinajstić information content (AvgIpc) is 2.30. The molecule has 0 spiro atoms. The molecule has 2 atom stereocenters. The van der Waals surface area contributed by atoms with E-state index >= 15 is 0 Å². The Kier molecular flexibility index (Phi) is 4.45. The van der Waals surface area contributed by atoms with Gasteiger partial charge in [-0.1, -0.05) is 17.7 Å². The number of aryl methyl sites for hydroxylation is 1. The summed E-state index contributed by atoms with van der Waals surface area (Å²) in [4.78, 5) is 11.2. The van der Waals surface area contributed by atoms with E-state index in [1.807, 2.05) is 0 Å². The molecule has 17 heavy (non-hydrogen) atoms. The summed E-state index contributed by atoms with van der Waals surface area (Å²) < 4.78 is 18.2. The average molecular weight is 241 g/mol. The maximum Gasteiger partial charge on any atom is 0.342 e. The third-order valence-corrected chi connectivity index (χ3v) is 2.37. The predicted molar refractivity (Wildman–Crippen MR) is 61.3 cm³/mol. The zero-order chi connectivity index (χ0) is 13.0. The van der Waals surface area contributed by atoms with Crippen LogP contribution in [-0.4, -0.2) is 23.9 Å². The molecule has 0 saturated heterocycles. The molecule has 0 radical (unpaired) electrons. The van der Waals surface area contributed by atoms with Crippen molar-refractivity contribution in [1.29, 1.82) is 0 Å². The first-order valence-electron chi connectivity index (χ1n) is 5.33. The number of rotatable bonds is 4. The van der Waals surface area contributed by atoms with E-state index in [1.54, 1.807) is 26.0 Å². The molecule has 0 aliphatic rings. The Balaban J connectivity index is 2.91. The van der Waals surface area contributed by atoms with Crippen molar-refractivity contribution in [1.82, 2.24) is 0 Å². The van der Waals surface area contributed by atoms with Crippen molar-refractivity contribution in [2.75, 3.05) is 6.61 Å². The Morgan fingerprint density at radius 2 is 2.24 bits per heavy atom. The fourth-order valence-corrected chi connectivity index (χ4v) is 1.47.